The number of aliphatic carboxylic acids is 1. The van der Waals surface area contributed by atoms with Gasteiger partial charge in [0.15, 0.2) is 5.75 Å². The molecule has 0 fully saturated rings. The summed E-state index contributed by atoms with van der Waals surface area (Å²) in [5, 5.41) is 8.89. The summed E-state index contributed by atoms with van der Waals surface area (Å²) in [4.78, 5) is 35.3. The van der Waals surface area contributed by atoms with Crippen molar-refractivity contribution in [2.45, 2.75) is 40.2 Å². The summed E-state index contributed by atoms with van der Waals surface area (Å²) in [6, 6.07) is 1.42. The van der Waals surface area contributed by atoms with Crippen LogP contribution in [0.25, 0.3) is 0 Å². The number of carboxylic acids is 1. The first kappa shape index (κ1) is 17.7. The number of aromatic nitrogens is 1. The molecule has 0 spiro atoms. The molecule has 0 atom stereocenters. The molecule has 0 saturated heterocycles. The molecular weight excluding hydrogens is 290 g/mol. The Balaban J connectivity index is 3.33. The van der Waals surface area contributed by atoms with Gasteiger partial charge in [-0.15, -0.1) is 0 Å². The number of rotatable bonds is 8. The zero-order chi connectivity index (χ0) is 16.7. The normalized spacial score (nSPS) is 10.3. The Bertz CT molecular complexity index is 605. The van der Waals surface area contributed by atoms with Crippen LogP contribution in [0.1, 0.15) is 42.7 Å². The Hall–Kier alpha value is -2.31. The third-order valence-corrected chi connectivity index (χ3v) is 3.00. The number of aryl methyl sites for hydroxylation is 1. The molecule has 0 aliphatic heterocycles. The molecule has 22 heavy (non-hydrogen) atoms. The van der Waals surface area contributed by atoms with Crippen LogP contribution in [-0.4, -0.2) is 34.8 Å². The Labute approximate surface area is 128 Å². The smallest absolute Gasteiger partial charge is 0.342 e. The highest BCUT2D eigenvalue weighted by atomic mass is 16.5. The molecule has 1 aromatic rings. The molecule has 0 unspecified atom stereocenters. The lowest BCUT2D eigenvalue weighted by Gasteiger charge is -2.15. The Morgan fingerprint density at radius 1 is 1.32 bits per heavy atom. The van der Waals surface area contributed by atoms with Gasteiger partial charge in [-0.1, -0.05) is 13.3 Å². The summed E-state index contributed by atoms with van der Waals surface area (Å²) >= 11 is 0. The Kier molecular flexibility index (Phi) is 6.62. The SMILES string of the molecule is CCCCOc1c(C(=O)OCC)cc(C)n(CC(=O)O)c1=O. The van der Waals surface area contributed by atoms with Gasteiger partial charge in [0, 0.05) is 5.69 Å². The number of carboxylic acid groups (broad SMARTS) is 1. The van der Waals surface area contributed by atoms with E-state index in [4.69, 9.17) is 14.6 Å². The molecule has 0 amide bonds. The Morgan fingerprint density at radius 3 is 2.55 bits per heavy atom. The topological polar surface area (TPSA) is 94.8 Å². The Morgan fingerprint density at radius 2 is 2.00 bits per heavy atom. The molecule has 0 radical (unpaired) electrons. The van der Waals surface area contributed by atoms with E-state index in [1.165, 1.54) is 6.07 Å². The van der Waals surface area contributed by atoms with Crippen molar-refractivity contribution < 1.29 is 24.2 Å². The van der Waals surface area contributed by atoms with Gasteiger partial charge in [-0.3, -0.25) is 14.2 Å². The first-order chi connectivity index (χ1) is 10.4. The van der Waals surface area contributed by atoms with E-state index >= 15 is 0 Å². The van der Waals surface area contributed by atoms with Gasteiger partial charge >= 0.3 is 11.9 Å². The highest BCUT2D eigenvalue weighted by molar-refractivity contribution is 5.92. The zero-order valence-electron chi connectivity index (χ0n) is 13.0. The lowest BCUT2D eigenvalue weighted by molar-refractivity contribution is -0.137. The molecule has 1 rings (SSSR count). The van der Waals surface area contributed by atoms with Crippen molar-refractivity contribution in [3.8, 4) is 5.75 Å². The van der Waals surface area contributed by atoms with Crippen LogP contribution in [0, 0.1) is 6.92 Å². The fourth-order valence-corrected chi connectivity index (χ4v) is 1.90. The largest absolute Gasteiger partial charge is 0.487 e. The third kappa shape index (κ3) is 4.34. The van der Waals surface area contributed by atoms with Crippen LogP contribution >= 0.6 is 0 Å². The molecule has 1 aromatic heterocycles. The standard InChI is InChI=1S/C15H21NO6/c1-4-6-7-22-13-11(15(20)21-5-2)8-10(3)16(14(13)19)9-12(17)18/h8H,4-7,9H2,1-3H3,(H,17,18). The van der Waals surface area contributed by atoms with Gasteiger partial charge in [0.25, 0.3) is 5.56 Å². The number of nitrogens with zero attached hydrogens (tertiary/aromatic N) is 1. The van der Waals surface area contributed by atoms with E-state index in [9.17, 15) is 14.4 Å². The van der Waals surface area contributed by atoms with Crippen LogP contribution in [-0.2, 0) is 16.1 Å². The molecule has 7 nitrogen and oxygen atoms in total. The number of pyridine rings is 1. The number of hydrogen-bond donors (Lipinski definition) is 1. The number of carbonyl (C=O) groups is 2. The predicted octanol–water partition coefficient (Wildman–Crippen LogP) is 1.60. The van der Waals surface area contributed by atoms with Gasteiger partial charge in [0.2, 0.25) is 0 Å². The molecule has 1 N–H and O–H groups in total. The number of unbranched alkanes of at least 4 members (excludes halogenated alkanes) is 1. The molecule has 0 aliphatic carbocycles. The maximum atomic E-state index is 12.4. The van der Waals surface area contributed by atoms with Crippen molar-refractivity contribution in [3.05, 3.63) is 27.7 Å². The van der Waals surface area contributed by atoms with Gasteiger partial charge < -0.3 is 14.6 Å². The fourth-order valence-electron chi connectivity index (χ4n) is 1.90. The molecule has 1 heterocycles. The summed E-state index contributed by atoms with van der Waals surface area (Å²) in [5.74, 6) is -1.95. The van der Waals surface area contributed by atoms with Crippen LogP contribution in [0.3, 0.4) is 0 Å². The number of ether oxygens (including phenoxy) is 2. The van der Waals surface area contributed by atoms with Crippen LogP contribution < -0.4 is 10.3 Å². The van der Waals surface area contributed by atoms with E-state index in [-0.39, 0.29) is 24.5 Å². The quantitative estimate of drug-likeness (QED) is 0.579. The second-order valence-electron chi connectivity index (χ2n) is 4.74. The van der Waals surface area contributed by atoms with E-state index < -0.39 is 24.0 Å². The summed E-state index contributed by atoms with van der Waals surface area (Å²) in [6.45, 7) is 5.14. The minimum atomic E-state index is -1.14. The van der Waals surface area contributed by atoms with Crippen LogP contribution in [0.4, 0.5) is 0 Å². The van der Waals surface area contributed by atoms with Crippen molar-refractivity contribution in [1.82, 2.24) is 4.57 Å². The maximum absolute atomic E-state index is 12.4. The van der Waals surface area contributed by atoms with Crippen LogP contribution in [0.15, 0.2) is 10.9 Å². The molecule has 0 saturated carbocycles. The molecule has 0 aromatic carbocycles. The van der Waals surface area contributed by atoms with Gasteiger partial charge in [0.1, 0.15) is 12.1 Å². The number of hydrogen-bond acceptors (Lipinski definition) is 5. The molecular formula is C15H21NO6. The van der Waals surface area contributed by atoms with Crippen molar-refractivity contribution >= 4 is 11.9 Å². The van der Waals surface area contributed by atoms with E-state index in [1.54, 1.807) is 13.8 Å². The summed E-state index contributed by atoms with van der Waals surface area (Å²) in [6.07, 6.45) is 1.58. The predicted molar refractivity (Wildman–Crippen MR) is 79.4 cm³/mol. The lowest BCUT2D eigenvalue weighted by Crippen LogP contribution is -2.29. The molecule has 0 aliphatic rings. The van der Waals surface area contributed by atoms with E-state index in [0.717, 1.165) is 11.0 Å². The first-order valence-corrected chi connectivity index (χ1v) is 7.18. The minimum Gasteiger partial charge on any atom is -0.487 e. The fraction of sp³-hybridized carbons (Fsp3) is 0.533. The van der Waals surface area contributed by atoms with E-state index in [2.05, 4.69) is 0 Å². The average Bonchev–Trinajstić information content (AvgIpc) is 2.45. The zero-order valence-corrected chi connectivity index (χ0v) is 13.0. The highest BCUT2D eigenvalue weighted by Crippen LogP contribution is 2.17. The second-order valence-corrected chi connectivity index (χ2v) is 4.74. The van der Waals surface area contributed by atoms with Crippen molar-refractivity contribution in [3.63, 3.8) is 0 Å². The van der Waals surface area contributed by atoms with Crippen molar-refractivity contribution in [2.75, 3.05) is 13.2 Å². The van der Waals surface area contributed by atoms with Gasteiger partial charge in [0.05, 0.1) is 13.2 Å². The average molecular weight is 311 g/mol. The summed E-state index contributed by atoms with van der Waals surface area (Å²) in [7, 11) is 0. The minimum absolute atomic E-state index is 0.0297. The van der Waals surface area contributed by atoms with Crippen molar-refractivity contribution in [1.29, 1.82) is 0 Å². The third-order valence-electron chi connectivity index (χ3n) is 3.00. The number of carbonyl (C=O) groups excluding carboxylic acids is 1. The number of esters is 1. The summed E-state index contributed by atoms with van der Waals surface area (Å²) < 4.78 is 11.4. The van der Waals surface area contributed by atoms with Gasteiger partial charge in [-0.25, -0.2) is 4.79 Å². The van der Waals surface area contributed by atoms with Crippen LogP contribution in [0.2, 0.25) is 0 Å². The monoisotopic (exact) mass is 311 g/mol. The first-order valence-electron chi connectivity index (χ1n) is 7.18. The van der Waals surface area contributed by atoms with Gasteiger partial charge in [-0.05, 0) is 26.3 Å². The van der Waals surface area contributed by atoms with Gasteiger partial charge in [-0.2, -0.15) is 0 Å². The molecule has 0 bridgehead atoms. The molecule has 122 valence electrons. The van der Waals surface area contributed by atoms with E-state index in [0.29, 0.717) is 12.1 Å². The summed E-state index contributed by atoms with van der Waals surface area (Å²) in [5.41, 5.74) is -0.248. The van der Waals surface area contributed by atoms with Crippen molar-refractivity contribution in [2.24, 2.45) is 0 Å². The van der Waals surface area contributed by atoms with E-state index in [1.807, 2.05) is 6.92 Å². The second kappa shape index (κ2) is 8.21. The highest BCUT2D eigenvalue weighted by Gasteiger charge is 2.21. The maximum Gasteiger partial charge on any atom is 0.342 e. The lowest BCUT2D eigenvalue weighted by atomic mass is 10.2. The van der Waals surface area contributed by atoms with Crippen LogP contribution in [0.5, 0.6) is 5.75 Å². The molecule has 7 heteroatoms.